The maximum Gasteiger partial charge on any atom is 0.231 e. The highest BCUT2D eigenvalue weighted by Crippen LogP contribution is 2.73. The van der Waals surface area contributed by atoms with E-state index >= 15 is 0 Å². The number of benzene rings is 1. The van der Waals surface area contributed by atoms with Crippen LogP contribution >= 0.6 is 0 Å². The van der Waals surface area contributed by atoms with Crippen molar-refractivity contribution in [3.8, 4) is 0 Å². The third kappa shape index (κ3) is 1.65. The predicted molar refractivity (Wildman–Crippen MR) is 86.7 cm³/mol. The number of rotatable bonds is 4. The Kier molecular flexibility index (Phi) is 2.94. The molecule has 1 saturated carbocycles. The molecule has 0 unspecified atom stereocenters. The van der Waals surface area contributed by atoms with E-state index in [1.54, 1.807) is 0 Å². The van der Waals surface area contributed by atoms with Crippen molar-refractivity contribution in [2.24, 2.45) is 5.92 Å². The van der Waals surface area contributed by atoms with Crippen LogP contribution in [0.15, 0.2) is 43.0 Å². The third-order valence-electron chi connectivity index (χ3n) is 5.19. The van der Waals surface area contributed by atoms with Crippen LogP contribution in [0.4, 0.5) is 5.69 Å². The second kappa shape index (κ2) is 4.32. The van der Waals surface area contributed by atoms with E-state index in [9.17, 15) is 4.79 Å². The lowest BCUT2D eigenvalue weighted by Gasteiger charge is -2.30. The van der Waals surface area contributed by atoms with Crippen LogP contribution in [0.25, 0.3) is 0 Å². The molecule has 0 radical (unpaired) electrons. The molecule has 3 rings (SSSR count). The van der Waals surface area contributed by atoms with Gasteiger partial charge in [0.25, 0.3) is 0 Å². The maximum atomic E-state index is 13.1. The van der Waals surface area contributed by atoms with Gasteiger partial charge < -0.3 is 4.90 Å². The number of para-hydroxylation sites is 1. The Morgan fingerprint density at radius 2 is 2.00 bits per heavy atom. The molecule has 0 aromatic heterocycles. The summed E-state index contributed by atoms with van der Waals surface area (Å²) in [7, 11) is -1.51. The molecule has 3 heteroatoms. The van der Waals surface area contributed by atoms with Crippen molar-refractivity contribution >= 4 is 19.7 Å². The minimum atomic E-state index is -1.51. The molecule has 2 aliphatic rings. The fourth-order valence-corrected chi connectivity index (χ4v) is 6.96. The summed E-state index contributed by atoms with van der Waals surface area (Å²) in [6.45, 7) is 10.9. The lowest BCUT2D eigenvalue weighted by atomic mass is 10.1. The Hall–Kier alpha value is -1.35. The number of anilines is 1. The molecule has 1 aromatic carbocycles. The highest BCUT2D eigenvalue weighted by atomic mass is 28.3. The molecule has 2 fully saturated rings. The molecule has 2 nitrogen and oxygen atoms in total. The van der Waals surface area contributed by atoms with Crippen molar-refractivity contribution in [3.63, 3.8) is 0 Å². The smallest absolute Gasteiger partial charge is 0.231 e. The van der Waals surface area contributed by atoms with Gasteiger partial charge in [-0.2, -0.15) is 0 Å². The molecular formula is C17H23NOSi. The minimum absolute atomic E-state index is 0.0173. The van der Waals surface area contributed by atoms with E-state index in [0.717, 1.165) is 18.5 Å². The van der Waals surface area contributed by atoms with E-state index in [4.69, 9.17) is 0 Å². The first-order valence-corrected chi connectivity index (χ1v) is 10.9. The number of amides is 1. The average Bonchev–Trinajstić information content (AvgIpc) is 3.10. The molecule has 1 heterocycles. The van der Waals surface area contributed by atoms with Gasteiger partial charge in [-0.1, -0.05) is 43.9 Å². The normalized spacial score (nSPS) is 32.1. The van der Waals surface area contributed by atoms with E-state index in [1.165, 1.54) is 0 Å². The molecule has 0 spiro atoms. The highest BCUT2D eigenvalue weighted by molar-refractivity contribution is 6.84. The van der Waals surface area contributed by atoms with Crippen molar-refractivity contribution in [2.45, 2.75) is 43.6 Å². The Labute approximate surface area is 122 Å². The number of nitrogens with zero attached hydrogens (tertiary/aromatic N) is 1. The van der Waals surface area contributed by atoms with E-state index in [1.807, 2.05) is 24.3 Å². The summed E-state index contributed by atoms with van der Waals surface area (Å²) in [5, 5.41) is -0.0173. The summed E-state index contributed by atoms with van der Waals surface area (Å²) in [4.78, 5) is 15.2. The van der Waals surface area contributed by atoms with Crippen LogP contribution in [0.1, 0.15) is 12.8 Å². The van der Waals surface area contributed by atoms with Crippen LogP contribution in [0.2, 0.25) is 24.7 Å². The van der Waals surface area contributed by atoms with Gasteiger partial charge >= 0.3 is 0 Å². The topological polar surface area (TPSA) is 20.3 Å². The average molecular weight is 285 g/mol. The Balaban J connectivity index is 2.02. The quantitative estimate of drug-likeness (QED) is 0.603. The second-order valence-corrected chi connectivity index (χ2v) is 12.5. The van der Waals surface area contributed by atoms with Crippen LogP contribution < -0.4 is 4.90 Å². The van der Waals surface area contributed by atoms with Gasteiger partial charge in [0.05, 0.1) is 8.07 Å². The molecule has 0 bridgehead atoms. The number of carbonyl (C=O) groups is 1. The standard InChI is InChI=1S/C17H23NOSi/c1-5-9-15-14-12-17(14,20(2,3)4)16(19)18(15)13-10-7-6-8-11-13/h5-8,10-11,14-15H,1,9,12H2,2-4H3/t14-,15-,17+/m0/s1. The molecule has 1 aliphatic carbocycles. The summed E-state index contributed by atoms with van der Waals surface area (Å²) >= 11 is 0. The summed E-state index contributed by atoms with van der Waals surface area (Å²) in [5.74, 6) is 0.916. The summed E-state index contributed by atoms with van der Waals surface area (Å²) in [5.41, 5.74) is 1.05. The van der Waals surface area contributed by atoms with Gasteiger partial charge in [0.15, 0.2) is 0 Å². The van der Waals surface area contributed by atoms with Crippen molar-refractivity contribution in [3.05, 3.63) is 43.0 Å². The summed E-state index contributed by atoms with van der Waals surface area (Å²) < 4.78 is 0. The lowest BCUT2D eigenvalue weighted by molar-refractivity contribution is -0.118. The SMILES string of the molecule is C=CC[C@H]1[C@@H]2C[C@]2([Si](C)(C)C)C(=O)N1c1ccccc1. The first kappa shape index (κ1) is 13.6. The predicted octanol–water partition coefficient (Wildman–Crippen LogP) is 4.08. The molecule has 1 saturated heterocycles. The van der Waals surface area contributed by atoms with E-state index in [-0.39, 0.29) is 5.04 Å². The van der Waals surface area contributed by atoms with Gasteiger partial charge in [0.2, 0.25) is 5.91 Å². The molecule has 1 aliphatic heterocycles. The number of hydrogen-bond donors (Lipinski definition) is 0. The van der Waals surface area contributed by atoms with E-state index in [2.05, 4.69) is 43.3 Å². The number of fused-ring (bicyclic) bond motifs is 1. The molecule has 1 amide bonds. The molecule has 1 aromatic rings. The van der Waals surface area contributed by atoms with E-state index < -0.39 is 8.07 Å². The number of hydrogen-bond acceptors (Lipinski definition) is 1. The largest absolute Gasteiger partial charge is 0.309 e. The minimum Gasteiger partial charge on any atom is -0.309 e. The van der Waals surface area contributed by atoms with Crippen LogP contribution in [-0.4, -0.2) is 20.0 Å². The molecular weight excluding hydrogens is 262 g/mol. The maximum absolute atomic E-state index is 13.1. The van der Waals surface area contributed by atoms with Gasteiger partial charge in [0.1, 0.15) is 0 Å². The molecule has 3 atom stereocenters. The highest BCUT2D eigenvalue weighted by Gasteiger charge is 2.75. The Bertz CT molecular complexity index is 548. The molecule has 20 heavy (non-hydrogen) atoms. The Morgan fingerprint density at radius 1 is 1.35 bits per heavy atom. The van der Waals surface area contributed by atoms with Crippen molar-refractivity contribution < 1.29 is 4.79 Å². The van der Waals surface area contributed by atoms with Crippen LogP contribution in [0.3, 0.4) is 0 Å². The van der Waals surface area contributed by atoms with Gasteiger partial charge in [-0.15, -0.1) is 6.58 Å². The van der Waals surface area contributed by atoms with Gasteiger partial charge in [-0.3, -0.25) is 4.79 Å². The summed E-state index contributed by atoms with van der Waals surface area (Å²) in [6, 6.07) is 10.4. The second-order valence-electron chi connectivity index (χ2n) is 7.13. The number of piperidine rings is 1. The van der Waals surface area contributed by atoms with E-state index in [0.29, 0.717) is 17.9 Å². The van der Waals surface area contributed by atoms with Crippen LogP contribution in [-0.2, 0) is 4.79 Å². The third-order valence-corrected chi connectivity index (χ3v) is 8.66. The monoisotopic (exact) mass is 285 g/mol. The van der Waals surface area contributed by atoms with Crippen molar-refractivity contribution in [1.82, 2.24) is 0 Å². The van der Waals surface area contributed by atoms with Gasteiger partial charge in [0, 0.05) is 16.8 Å². The first-order chi connectivity index (χ1) is 9.43. The zero-order valence-corrected chi connectivity index (χ0v) is 13.6. The van der Waals surface area contributed by atoms with Gasteiger partial charge in [-0.25, -0.2) is 0 Å². The molecule has 106 valence electrons. The summed E-state index contributed by atoms with van der Waals surface area (Å²) in [6.07, 6.45) is 3.97. The number of carbonyl (C=O) groups excluding carboxylic acids is 1. The van der Waals surface area contributed by atoms with Crippen molar-refractivity contribution in [1.29, 1.82) is 0 Å². The first-order valence-electron chi connectivity index (χ1n) is 7.43. The van der Waals surface area contributed by atoms with Crippen molar-refractivity contribution in [2.75, 3.05) is 4.90 Å². The van der Waals surface area contributed by atoms with Crippen LogP contribution in [0.5, 0.6) is 0 Å². The zero-order valence-electron chi connectivity index (χ0n) is 12.6. The lowest BCUT2D eigenvalue weighted by Crippen LogP contribution is -2.42. The fourth-order valence-electron chi connectivity index (χ4n) is 4.06. The zero-order chi connectivity index (χ0) is 14.5. The van der Waals surface area contributed by atoms with Gasteiger partial charge in [-0.05, 0) is 30.9 Å². The molecule has 0 N–H and O–H groups in total. The fraction of sp³-hybridized carbons (Fsp3) is 0.471. The van der Waals surface area contributed by atoms with Crippen LogP contribution in [0, 0.1) is 5.92 Å². The Morgan fingerprint density at radius 3 is 2.55 bits per heavy atom.